The van der Waals surface area contributed by atoms with Crippen molar-refractivity contribution in [3.05, 3.63) is 0 Å². The predicted octanol–water partition coefficient (Wildman–Crippen LogP) is 2.64. The Balaban J connectivity index is 2.07. The van der Waals surface area contributed by atoms with E-state index in [2.05, 4.69) is 43.8 Å². The van der Waals surface area contributed by atoms with Crippen molar-refractivity contribution in [1.29, 1.82) is 0 Å². The number of piperidine rings is 2. The second-order valence-electron chi connectivity index (χ2n) is 6.24. The molecule has 0 spiro atoms. The van der Waals surface area contributed by atoms with Crippen LogP contribution in [0.3, 0.4) is 0 Å². The van der Waals surface area contributed by atoms with Crippen LogP contribution in [0.2, 0.25) is 0 Å². The Labute approximate surface area is 105 Å². The summed E-state index contributed by atoms with van der Waals surface area (Å²) in [4.78, 5) is 5.45. The van der Waals surface area contributed by atoms with Gasteiger partial charge in [0.15, 0.2) is 0 Å². The van der Waals surface area contributed by atoms with Crippen LogP contribution in [0.15, 0.2) is 0 Å². The monoisotopic (exact) mass is 242 g/mol. The lowest BCUT2D eigenvalue weighted by molar-refractivity contribution is -0.0656. The van der Waals surface area contributed by atoms with E-state index < -0.39 is 0 Å². The second kappa shape index (κ2) is 4.51. The van der Waals surface area contributed by atoms with Crippen LogP contribution in [-0.4, -0.2) is 52.1 Å². The van der Waals surface area contributed by atoms with Gasteiger partial charge in [-0.3, -0.25) is 9.80 Å². The summed E-state index contributed by atoms with van der Waals surface area (Å²) in [6.07, 6.45) is 5.04. The first-order valence-corrected chi connectivity index (χ1v) is 7.77. The Hall–Kier alpha value is 0.270. The molecule has 0 aromatic rings. The van der Waals surface area contributed by atoms with Crippen LogP contribution < -0.4 is 0 Å². The van der Waals surface area contributed by atoms with Gasteiger partial charge in [-0.2, -0.15) is 0 Å². The molecule has 3 aliphatic heterocycles. The van der Waals surface area contributed by atoms with Crippen molar-refractivity contribution >= 4 is 11.8 Å². The van der Waals surface area contributed by atoms with Gasteiger partial charge < -0.3 is 0 Å². The van der Waals surface area contributed by atoms with Gasteiger partial charge in [-0.05, 0) is 46.8 Å². The normalized spacial score (nSPS) is 34.3. The molecule has 2 bridgehead atoms. The number of nitrogens with zero attached hydrogens (tertiary/aromatic N) is 2. The molecule has 0 aromatic heterocycles. The molecule has 0 saturated carbocycles. The molecule has 0 aromatic carbocycles. The molecule has 3 atom stereocenters. The van der Waals surface area contributed by atoms with Crippen molar-refractivity contribution in [3.8, 4) is 0 Å². The molecule has 16 heavy (non-hydrogen) atoms. The summed E-state index contributed by atoms with van der Waals surface area (Å²) in [5.74, 6) is 0. The standard InChI is InChI=1S/C13H26N2S/c1-10(16-5)14-8-12-7-6-11(14)9-15(12)13(2,3)4/h10-12H,6-9H2,1-5H3. The molecular formula is C13H26N2S. The molecule has 3 heterocycles. The molecular weight excluding hydrogens is 216 g/mol. The molecule has 3 aliphatic rings. The maximum Gasteiger partial charge on any atom is 0.0529 e. The first kappa shape index (κ1) is 12.7. The predicted molar refractivity (Wildman–Crippen MR) is 73.0 cm³/mol. The van der Waals surface area contributed by atoms with Gasteiger partial charge in [0.1, 0.15) is 0 Å². The molecule has 0 N–H and O–H groups in total. The fourth-order valence-corrected chi connectivity index (χ4v) is 3.79. The summed E-state index contributed by atoms with van der Waals surface area (Å²) >= 11 is 1.99. The lowest BCUT2D eigenvalue weighted by atomic mass is 9.87. The Morgan fingerprint density at radius 1 is 1.12 bits per heavy atom. The maximum absolute atomic E-state index is 2.73. The molecule has 0 radical (unpaired) electrons. The third-order valence-electron chi connectivity index (χ3n) is 4.24. The van der Waals surface area contributed by atoms with E-state index in [4.69, 9.17) is 0 Å². The highest BCUT2D eigenvalue weighted by Gasteiger charge is 2.43. The highest BCUT2D eigenvalue weighted by molar-refractivity contribution is 7.99. The van der Waals surface area contributed by atoms with Gasteiger partial charge in [0.25, 0.3) is 0 Å². The van der Waals surface area contributed by atoms with Crippen LogP contribution in [0, 0.1) is 0 Å². The second-order valence-corrected chi connectivity index (χ2v) is 7.39. The first-order chi connectivity index (χ1) is 7.43. The Kier molecular flexibility index (Phi) is 3.58. The van der Waals surface area contributed by atoms with Gasteiger partial charge in [-0.1, -0.05) is 0 Å². The molecule has 3 rings (SSSR count). The average molecular weight is 242 g/mol. The van der Waals surface area contributed by atoms with Gasteiger partial charge >= 0.3 is 0 Å². The van der Waals surface area contributed by atoms with Crippen LogP contribution in [0.1, 0.15) is 40.5 Å². The van der Waals surface area contributed by atoms with E-state index in [0.717, 1.165) is 12.1 Å². The summed E-state index contributed by atoms with van der Waals surface area (Å²) in [6.45, 7) is 12.0. The lowest BCUT2D eigenvalue weighted by Crippen LogP contribution is -2.67. The minimum atomic E-state index is 0.345. The zero-order chi connectivity index (χ0) is 11.9. The maximum atomic E-state index is 2.73. The quantitative estimate of drug-likeness (QED) is 0.735. The molecule has 94 valence electrons. The summed E-state index contributed by atoms with van der Waals surface area (Å²) in [5.41, 5.74) is 0.345. The summed E-state index contributed by atoms with van der Waals surface area (Å²) < 4.78 is 0. The first-order valence-electron chi connectivity index (χ1n) is 6.48. The Morgan fingerprint density at radius 3 is 2.19 bits per heavy atom. The highest BCUT2D eigenvalue weighted by Crippen LogP contribution is 2.35. The van der Waals surface area contributed by atoms with Crippen molar-refractivity contribution in [1.82, 2.24) is 9.80 Å². The number of rotatable bonds is 2. The number of piperazine rings is 1. The van der Waals surface area contributed by atoms with Gasteiger partial charge in [0.05, 0.1) is 5.37 Å². The van der Waals surface area contributed by atoms with Crippen LogP contribution >= 0.6 is 11.8 Å². The highest BCUT2D eigenvalue weighted by atomic mass is 32.2. The van der Waals surface area contributed by atoms with Gasteiger partial charge in [-0.25, -0.2) is 0 Å². The third-order valence-corrected chi connectivity index (χ3v) is 5.19. The lowest BCUT2D eigenvalue weighted by Gasteiger charge is -2.57. The summed E-state index contributed by atoms with van der Waals surface area (Å²) in [7, 11) is 0. The molecule has 0 aliphatic carbocycles. The van der Waals surface area contributed by atoms with E-state index in [1.54, 1.807) is 0 Å². The molecule has 3 saturated heterocycles. The van der Waals surface area contributed by atoms with Crippen molar-refractivity contribution in [3.63, 3.8) is 0 Å². The molecule has 2 nitrogen and oxygen atoms in total. The van der Waals surface area contributed by atoms with E-state index in [1.807, 2.05) is 11.8 Å². The van der Waals surface area contributed by atoms with Crippen LogP contribution in [-0.2, 0) is 0 Å². The van der Waals surface area contributed by atoms with E-state index in [1.165, 1.54) is 25.9 Å². The topological polar surface area (TPSA) is 6.48 Å². The number of fused-ring (bicyclic) bond motifs is 3. The van der Waals surface area contributed by atoms with Crippen LogP contribution in [0.5, 0.6) is 0 Å². The van der Waals surface area contributed by atoms with E-state index >= 15 is 0 Å². The minimum Gasteiger partial charge on any atom is -0.293 e. The molecule has 0 amide bonds. The molecule has 3 heteroatoms. The van der Waals surface area contributed by atoms with Crippen LogP contribution in [0.4, 0.5) is 0 Å². The number of thioether (sulfide) groups is 1. The zero-order valence-electron chi connectivity index (χ0n) is 11.4. The van der Waals surface area contributed by atoms with E-state index in [9.17, 15) is 0 Å². The Morgan fingerprint density at radius 2 is 1.75 bits per heavy atom. The van der Waals surface area contributed by atoms with Crippen molar-refractivity contribution in [2.75, 3.05) is 19.3 Å². The molecule has 3 fully saturated rings. The van der Waals surface area contributed by atoms with Crippen molar-refractivity contribution in [2.24, 2.45) is 0 Å². The summed E-state index contributed by atoms with van der Waals surface area (Å²) in [6, 6.07) is 1.59. The van der Waals surface area contributed by atoms with E-state index in [-0.39, 0.29) is 0 Å². The average Bonchev–Trinajstić information content (AvgIpc) is 2.27. The van der Waals surface area contributed by atoms with Crippen molar-refractivity contribution in [2.45, 2.75) is 63.5 Å². The van der Waals surface area contributed by atoms with Crippen LogP contribution in [0.25, 0.3) is 0 Å². The summed E-state index contributed by atoms with van der Waals surface area (Å²) in [5, 5.41) is 0.690. The minimum absolute atomic E-state index is 0.345. The Bertz CT molecular complexity index is 249. The fraction of sp³-hybridized carbons (Fsp3) is 1.00. The fourth-order valence-electron chi connectivity index (χ4n) is 3.26. The van der Waals surface area contributed by atoms with Gasteiger partial charge in [-0.15, -0.1) is 11.8 Å². The largest absolute Gasteiger partial charge is 0.293 e. The molecule has 3 unspecified atom stereocenters. The van der Waals surface area contributed by atoms with E-state index in [0.29, 0.717) is 10.9 Å². The van der Waals surface area contributed by atoms with Crippen molar-refractivity contribution < 1.29 is 0 Å². The van der Waals surface area contributed by atoms with Gasteiger partial charge in [0.2, 0.25) is 0 Å². The SMILES string of the molecule is CSC(C)N1CC2CCC1CN2C(C)(C)C. The third kappa shape index (κ3) is 2.27. The number of hydrogen-bond acceptors (Lipinski definition) is 3. The zero-order valence-corrected chi connectivity index (χ0v) is 12.2. The van der Waals surface area contributed by atoms with Gasteiger partial charge in [0, 0.05) is 30.7 Å². The smallest absolute Gasteiger partial charge is 0.0529 e. The number of hydrogen-bond donors (Lipinski definition) is 0.